The fourth-order valence-corrected chi connectivity index (χ4v) is 5.01. The van der Waals surface area contributed by atoms with Crippen molar-refractivity contribution in [1.29, 1.82) is 0 Å². The van der Waals surface area contributed by atoms with Crippen molar-refractivity contribution in [3.8, 4) is 0 Å². The summed E-state index contributed by atoms with van der Waals surface area (Å²) in [5.74, 6) is 2.59. The number of rotatable bonds is 1. The van der Waals surface area contributed by atoms with Gasteiger partial charge in [-0.2, -0.15) is 11.8 Å². The van der Waals surface area contributed by atoms with E-state index in [1.165, 1.54) is 43.7 Å². The fourth-order valence-electron chi connectivity index (χ4n) is 3.78. The predicted octanol–water partition coefficient (Wildman–Crippen LogP) is 1.72. The lowest BCUT2D eigenvalue weighted by molar-refractivity contribution is -0.115. The zero-order chi connectivity index (χ0) is 12.4. The predicted molar refractivity (Wildman–Crippen MR) is 77.3 cm³/mol. The van der Waals surface area contributed by atoms with E-state index >= 15 is 0 Å². The van der Waals surface area contributed by atoms with Crippen LogP contribution >= 0.6 is 11.8 Å². The largest absolute Gasteiger partial charge is 0.375 e. The number of thioether (sulfide) groups is 1. The third kappa shape index (κ3) is 2.72. The Bertz CT molecular complexity index is 275. The lowest BCUT2D eigenvalue weighted by Crippen LogP contribution is -2.58. The van der Waals surface area contributed by atoms with Crippen LogP contribution in [0.5, 0.6) is 0 Å². The molecule has 104 valence electrons. The summed E-state index contributed by atoms with van der Waals surface area (Å²) < 4.78 is 6.21. The Kier molecular flexibility index (Phi) is 4.18. The van der Waals surface area contributed by atoms with Crippen molar-refractivity contribution in [3.63, 3.8) is 0 Å². The second kappa shape index (κ2) is 5.70. The molecule has 1 spiro atoms. The first-order chi connectivity index (χ1) is 8.79. The van der Waals surface area contributed by atoms with Crippen LogP contribution < -0.4 is 5.32 Å². The highest BCUT2D eigenvalue weighted by molar-refractivity contribution is 7.99. The van der Waals surface area contributed by atoms with Gasteiger partial charge in [-0.3, -0.25) is 4.90 Å². The van der Waals surface area contributed by atoms with E-state index in [0.29, 0.717) is 6.04 Å². The van der Waals surface area contributed by atoms with E-state index in [-0.39, 0.29) is 5.60 Å². The fraction of sp³-hybridized carbons (Fsp3) is 1.00. The van der Waals surface area contributed by atoms with E-state index in [1.807, 2.05) is 0 Å². The average Bonchev–Trinajstić information content (AvgIpc) is 2.40. The van der Waals surface area contributed by atoms with Crippen molar-refractivity contribution >= 4 is 11.8 Å². The maximum Gasteiger partial charge on any atom is 0.0713 e. The minimum atomic E-state index is 0.235. The summed E-state index contributed by atoms with van der Waals surface area (Å²) in [6.45, 7) is 6.87. The van der Waals surface area contributed by atoms with Gasteiger partial charge in [0.1, 0.15) is 0 Å². The molecule has 0 aromatic rings. The number of hydrogen-bond acceptors (Lipinski definition) is 4. The normalized spacial score (nSPS) is 37.8. The van der Waals surface area contributed by atoms with Crippen molar-refractivity contribution in [1.82, 2.24) is 10.2 Å². The van der Waals surface area contributed by atoms with Gasteiger partial charge in [0, 0.05) is 38.3 Å². The lowest BCUT2D eigenvalue weighted by atomic mass is 9.84. The molecule has 2 unspecified atom stereocenters. The SMILES string of the molecule is CC1CNCCN1C1CCOC2(CCSCC2)C1. The van der Waals surface area contributed by atoms with Crippen molar-refractivity contribution in [2.75, 3.05) is 37.7 Å². The molecular weight excluding hydrogens is 244 g/mol. The first-order valence-electron chi connectivity index (χ1n) is 7.47. The van der Waals surface area contributed by atoms with Gasteiger partial charge in [-0.25, -0.2) is 0 Å². The van der Waals surface area contributed by atoms with Gasteiger partial charge >= 0.3 is 0 Å². The smallest absolute Gasteiger partial charge is 0.0713 e. The number of hydrogen-bond donors (Lipinski definition) is 1. The summed E-state index contributed by atoms with van der Waals surface area (Å²) in [5, 5.41) is 3.50. The van der Waals surface area contributed by atoms with Gasteiger partial charge in [0.15, 0.2) is 0 Å². The molecule has 0 bridgehead atoms. The van der Waals surface area contributed by atoms with Gasteiger partial charge in [0.05, 0.1) is 5.60 Å². The van der Waals surface area contributed by atoms with Crippen LogP contribution in [0.2, 0.25) is 0 Å². The average molecular weight is 270 g/mol. The van der Waals surface area contributed by atoms with E-state index in [9.17, 15) is 0 Å². The van der Waals surface area contributed by atoms with Crippen molar-refractivity contribution in [2.24, 2.45) is 0 Å². The molecule has 2 atom stereocenters. The minimum absolute atomic E-state index is 0.235. The first-order valence-corrected chi connectivity index (χ1v) is 8.63. The minimum Gasteiger partial charge on any atom is -0.375 e. The highest BCUT2D eigenvalue weighted by atomic mass is 32.2. The van der Waals surface area contributed by atoms with E-state index < -0.39 is 0 Å². The van der Waals surface area contributed by atoms with Crippen LogP contribution in [-0.2, 0) is 4.74 Å². The van der Waals surface area contributed by atoms with Crippen LogP contribution in [0.25, 0.3) is 0 Å². The Morgan fingerprint density at radius 3 is 2.94 bits per heavy atom. The Balaban J connectivity index is 1.65. The van der Waals surface area contributed by atoms with Gasteiger partial charge in [-0.05, 0) is 44.1 Å². The van der Waals surface area contributed by atoms with Crippen LogP contribution in [0, 0.1) is 0 Å². The molecule has 3 fully saturated rings. The summed E-state index contributed by atoms with van der Waals surface area (Å²) >= 11 is 2.10. The number of piperazine rings is 1. The highest BCUT2D eigenvalue weighted by Gasteiger charge is 2.41. The second-order valence-corrected chi connectivity index (χ2v) is 7.31. The van der Waals surface area contributed by atoms with E-state index in [4.69, 9.17) is 4.74 Å². The Hall–Kier alpha value is 0.230. The molecule has 1 N–H and O–H groups in total. The molecule has 3 aliphatic heterocycles. The topological polar surface area (TPSA) is 24.5 Å². The molecule has 3 nitrogen and oxygen atoms in total. The molecule has 0 aromatic carbocycles. The van der Waals surface area contributed by atoms with Crippen LogP contribution in [-0.4, -0.2) is 60.3 Å². The molecule has 3 saturated heterocycles. The van der Waals surface area contributed by atoms with Gasteiger partial charge in [0.2, 0.25) is 0 Å². The molecule has 3 rings (SSSR count). The Labute approximate surface area is 115 Å². The number of ether oxygens (including phenoxy) is 1. The molecule has 4 heteroatoms. The molecule has 3 aliphatic rings. The number of nitrogens with one attached hydrogen (secondary N) is 1. The Morgan fingerprint density at radius 1 is 1.33 bits per heavy atom. The van der Waals surface area contributed by atoms with Gasteiger partial charge in [-0.15, -0.1) is 0 Å². The zero-order valence-corrected chi connectivity index (χ0v) is 12.3. The molecule has 18 heavy (non-hydrogen) atoms. The van der Waals surface area contributed by atoms with Gasteiger partial charge in [0.25, 0.3) is 0 Å². The summed E-state index contributed by atoms with van der Waals surface area (Å²) in [6.07, 6.45) is 5.06. The Morgan fingerprint density at radius 2 is 2.17 bits per heavy atom. The standard InChI is InChI=1S/C14H26N2OS/c1-12-11-15-5-6-16(12)13-2-7-17-14(10-13)3-8-18-9-4-14/h12-13,15H,2-11H2,1H3. The van der Waals surface area contributed by atoms with Crippen molar-refractivity contribution < 1.29 is 4.74 Å². The molecule has 0 aliphatic carbocycles. The maximum absolute atomic E-state index is 6.21. The maximum atomic E-state index is 6.21. The van der Waals surface area contributed by atoms with E-state index in [1.54, 1.807) is 0 Å². The second-order valence-electron chi connectivity index (χ2n) is 6.08. The van der Waals surface area contributed by atoms with E-state index in [0.717, 1.165) is 25.7 Å². The highest BCUT2D eigenvalue weighted by Crippen LogP contribution is 2.39. The third-order valence-electron chi connectivity index (χ3n) is 4.89. The molecule has 0 radical (unpaired) electrons. The van der Waals surface area contributed by atoms with Crippen LogP contribution in [0.1, 0.15) is 32.6 Å². The summed E-state index contributed by atoms with van der Waals surface area (Å²) in [4.78, 5) is 2.74. The summed E-state index contributed by atoms with van der Waals surface area (Å²) in [5.41, 5.74) is 0.235. The molecule has 0 saturated carbocycles. The summed E-state index contributed by atoms with van der Waals surface area (Å²) in [7, 11) is 0. The molecular formula is C14H26N2OS. The summed E-state index contributed by atoms with van der Waals surface area (Å²) in [6, 6.07) is 1.45. The van der Waals surface area contributed by atoms with Crippen LogP contribution in [0.15, 0.2) is 0 Å². The van der Waals surface area contributed by atoms with Crippen LogP contribution in [0.4, 0.5) is 0 Å². The zero-order valence-electron chi connectivity index (χ0n) is 11.5. The molecule has 3 heterocycles. The van der Waals surface area contributed by atoms with Crippen molar-refractivity contribution in [2.45, 2.75) is 50.3 Å². The quantitative estimate of drug-likeness (QED) is 0.784. The monoisotopic (exact) mass is 270 g/mol. The molecule has 0 amide bonds. The number of nitrogens with zero attached hydrogens (tertiary/aromatic N) is 1. The third-order valence-corrected chi connectivity index (χ3v) is 5.88. The van der Waals surface area contributed by atoms with Crippen LogP contribution in [0.3, 0.4) is 0 Å². The first kappa shape index (κ1) is 13.2. The van der Waals surface area contributed by atoms with Gasteiger partial charge in [-0.1, -0.05) is 0 Å². The van der Waals surface area contributed by atoms with Gasteiger partial charge < -0.3 is 10.1 Å². The lowest BCUT2D eigenvalue weighted by Gasteiger charge is -2.49. The van der Waals surface area contributed by atoms with Crippen molar-refractivity contribution in [3.05, 3.63) is 0 Å². The molecule has 0 aromatic heterocycles. The van der Waals surface area contributed by atoms with E-state index in [2.05, 4.69) is 28.9 Å².